The number of piperazine rings is 1. The molecule has 2 N–H and O–H groups in total. The fourth-order valence-corrected chi connectivity index (χ4v) is 1.55. The van der Waals surface area contributed by atoms with E-state index in [1.165, 1.54) is 0 Å². The Balaban J connectivity index is 2.39. The molecule has 1 aliphatic rings. The molecule has 4 nitrogen and oxygen atoms in total. The molecule has 14 heavy (non-hydrogen) atoms. The summed E-state index contributed by atoms with van der Waals surface area (Å²) in [5, 5.41) is 13.1. The van der Waals surface area contributed by atoms with Gasteiger partial charge in [-0.15, -0.1) is 0 Å². The Labute approximate surface area is 86.2 Å². The maximum Gasteiger partial charge on any atom is 0.216 e. The van der Waals surface area contributed by atoms with Crippen LogP contribution in [0, 0.1) is 0 Å². The molecule has 1 heterocycles. The van der Waals surface area contributed by atoms with Gasteiger partial charge < -0.3 is 15.2 Å². The highest BCUT2D eigenvalue weighted by Crippen LogP contribution is 2.13. The Morgan fingerprint density at radius 3 is 2.64 bits per heavy atom. The van der Waals surface area contributed by atoms with E-state index < -0.39 is 6.41 Å². The Hall–Kier alpha value is -0.160. The molecule has 0 radical (unpaired) electrons. The number of aliphatic hydroxyl groups excluding tert-OH is 1. The first-order valence-corrected chi connectivity index (χ1v) is 5.22. The molecule has 1 fully saturated rings. The molecule has 1 unspecified atom stereocenters. The third-order valence-corrected chi connectivity index (χ3v) is 2.17. The highest BCUT2D eigenvalue weighted by Gasteiger charge is 2.25. The number of hydrogen-bond acceptors (Lipinski definition) is 4. The van der Waals surface area contributed by atoms with E-state index in [2.05, 4.69) is 12.2 Å². The van der Waals surface area contributed by atoms with Gasteiger partial charge in [0.1, 0.15) is 0 Å². The van der Waals surface area contributed by atoms with E-state index in [1.807, 2.05) is 25.7 Å². The molecule has 0 saturated carbocycles. The number of aliphatic hydroxyl groups is 1. The van der Waals surface area contributed by atoms with E-state index in [1.54, 1.807) is 0 Å². The fraction of sp³-hybridized carbons (Fsp3) is 1.00. The van der Waals surface area contributed by atoms with Crippen LogP contribution in [0.25, 0.3) is 0 Å². The lowest BCUT2D eigenvalue weighted by atomic mass is 10.2. The van der Waals surface area contributed by atoms with Crippen LogP contribution in [0.5, 0.6) is 0 Å². The van der Waals surface area contributed by atoms with Crippen molar-refractivity contribution in [1.29, 1.82) is 0 Å². The predicted octanol–water partition coefficient (Wildman–Crippen LogP) is 0.371. The molecule has 1 aliphatic heterocycles. The molecule has 0 aromatic rings. The van der Waals surface area contributed by atoms with Gasteiger partial charge in [-0.25, -0.2) is 0 Å². The quantitative estimate of drug-likeness (QED) is 0.635. The zero-order valence-corrected chi connectivity index (χ0v) is 9.58. The Bertz CT molecular complexity index is 179. The summed E-state index contributed by atoms with van der Waals surface area (Å²) < 4.78 is 5.48. The van der Waals surface area contributed by atoms with Crippen LogP contribution < -0.4 is 5.32 Å². The van der Waals surface area contributed by atoms with Crippen LogP contribution in [0.4, 0.5) is 0 Å². The molecular formula is C10H22N2O2. The average Bonchev–Trinajstić information content (AvgIpc) is 2.01. The molecule has 0 amide bonds. The summed E-state index contributed by atoms with van der Waals surface area (Å²) in [7, 11) is 0. The average molecular weight is 202 g/mol. The third kappa shape index (κ3) is 3.92. The van der Waals surface area contributed by atoms with Gasteiger partial charge >= 0.3 is 0 Å². The predicted molar refractivity (Wildman–Crippen MR) is 55.9 cm³/mol. The van der Waals surface area contributed by atoms with E-state index in [0.29, 0.717) is 6.04 Å². The van der Waals surface area contributed by atoms with Gasteiger partial charge in [-0.1, -0.05) is 0 Å². The molecule has 2 atom stereocenters. The summed E-state index contributed by atoms with van der Waals surface area (Å²) in [6.07, 6.45) is -0.778. The molecular weight excluding hydrogens is 180 g/mol. The Kier molecular flexibility index (Phi) is 3.89. The Morgan fingerprint density at radius 2 is 2.14 bits per heavy atom. The van der Waals surface area contributed by atoms with Crippen molar-refractivity contribution in [3.05, 3.63) is 0 Å². The van der Waals surface area contributed by atoms with E-state index in [9.17, 15) is 5.11 Å². The van der Waals surface area contributed by atoms with E-state index in [0.717, 1.165) is 19.6 Å². The molecule has 0 aromatic carbocycles. The lowest BCUT2D eigenvalue weighted by molar-refractivity contribution is -0.242. The molecule has 0 spiro atoms. The van der Waals surface area contributed by atoms with Gasteiger partial charge in [0, 0.05) is 25.7 Å². The van der Waals surface area contributed by atoms with Gasteiger partial charge in [-0.2, -0.15) is 0 Å². The van der Waals surface area contributed by atoms with E-state index >= 15 is 0 Å². The van der Waals surface area contributed by atoms with Crippen molar-refractivity contribution < 1.29 is 9.84 Å². The first-order chi connectivity index (χ1) is 6.38. The van der Waals surface area contributed by atoms with Crippen molar-refractivity contribution in [2.75, 3.05) is 19.6 Å². The Morgan fingerprint density at radius 1 is 1.50 bits per heavy atom. The van der Waals surface area contributed by atoms with Crippen molar-refractivity contribution in [2.45, 2.75) is 45.8 Å². The topological polar surface area (TPSA) is 44.7 Å². The van der Waals surface area contributed by atoms with Gasteiger partial charge in [-0.3, -0.25) is 4.90 Å². The number of ether oxygens (including phenoxy) is 1. The third-order valence-electron chi connectivity index (χ3n) is 2.17. The monoisotopic (exact) mass is 202 g/mol. The highest BCUT2D eigenvalue weighted by atomic mass is 16.6. The summed E-state index contributed by atoms with van der Waals surface area (Å²) in [5.74, 6) is 0. The van der Waals surface area contributed by atoms with Gasteiger partial charge in [0.05, 0.1) is 5.60 Å². The molecule has 1 rings (SSSR count). The van der Waals surface area contributed by atoms with E-state index in [-0.39, 0.29) is 5.60 Å². The molecule has 0 aliphatic carbocycles. The van der Waals surface area contributed by atoms with Crippen molar-refractivity contribution in [1.82, 2.24) is 10.2 Å². The van der Waals surface area contributed by atoms with Gasteiger partial charge in [0.25, 0.3) is 0 Å². The van der Waals surface area contributed by atoms with Crippen LogP contribution >= 0.6 is 0 Å². The SMILES string of the molecule is C[C@H]1CN(C(O)OC(C)(C)C)CCN1. The van der Waals surface area contributed by atoms with Crippen LogP contribution in [-0.4, -0.2) is 47.7 Å². The molecule has 4 heteroatoms. The van der Waals surface area contributed by atoms with Crippen molar-refractivity contribution in [2.24, 2.45) is 0 Å². The summed E-state index contributed by atoms with van der Waals surface area (Å²) in [5.41, 5.74) is -0.298. The van der Waals surface area contributed by atoms with Gasteiger partial charge in [0.2, 0.25) is 6.41 Å². The van der Waals surface area contributed by atoms with Gasteiger partial charge in [0.15, 0.2) is 0 Å². The van der Waals surface area contributed by atoms with Crippen molar-refractivity contribution in [3.63, 3.8) is 0 Å². The minimum Gasteiger partial charge on any atom is -0.356 e. The summed E-state index contributed by atoms with van der Waals surface area (Å²) in [4.78, 5) is 1.95. The number of rotatable bonds is 2. The lowest BCUT2D eigenvalue weighted by Crippen LogP contribution is -2.54. The zero-order chi connectivity index (χ0) is 10.8. The standard InChI is InChI=1S/C10H22N2O2/c1-8-7-12(6-5-11-8)9(13)14-10(2,3)4/h8-9,11,13H,5-7H2,1-4H3/t8-,9?/m0/s1. The minimum absolute atomic E-state index is 0.298. The van der Waals surface area contributed by atoms with Crippen molar-refractivity contribution >= 4 is 0 Å². The number of hydrogen-bond donors (Lipinski definition) is 2. The maximum absolute atomic E-state index is 9.80. The smallest absolute Gasteiger partial charge is 0.216 e. The molecule has 1 saturated heterocycles. The first-order valence-electron chi connectivity index (χ1n) is 5.22. The van der Waals surface area contributed by atoms with Crippen LogP contribution in [0.15, 0.2) is 0 Å². The van der Waals surface area contributed by atoms with Gasteiger partial charge in [-0.05, 0) is 27.7 Å². The largest absolute Gasteiger partial charge is 0.356 e. The van der Waals surface area contributed by atoms with Crippen LogP contribution in [0.3, 0.4) is 0 Å². The first kappa shape index (κ1) is 11.9. The second kappa shape index (κ2) is 4.57. The van der Waals surface area contributed by atoms with Crippen LogP contribution in [-0.2, 0) is 4.74 Å². The zero-order valence-electron chi connectivity index (χ0n) is 9.58. The molecule has 0 aromatic heterocycles. The van der Waals surface area contributed by atoms with Crippen LogP contribution in [0.1, 0.15) is 27.7 Å². The number of nitrogens with one attached hydrogen (secondary N) is 1. The molecule has 84 valence electrons. The minimum atomic E-state index is -0.778. The highest BCUT2D eigenvalue weighted by molar-refractivity contribution is 4.75. The summed E-state index contributed by atoms with van der Waals surface area (Å²) >= 11 is 0. The lowest BCUT2D eigenvalue weighted by Gasteiger charge is -2.37. The molecule has 0 bridgehead atoms. The summed E-state index contributed by atoms with van der Waals surface area (Å²) in [6, 6.07) is 0.418. The second-order valence-electron chi connectivity index (χ2n) is 4.91. The number of nitrogens with zero attached hydrogens (tertiary/aromatic N) is 1. The second-order valence-corrected chi connectivity index (χ2v) is 4.91. The summed E-state index contributed by atoms with van der Waals surface area (Å²) in [6.45, 7) is 10.5. The van der Waals surface area contributed by atoms with E-state index in [4.69, 9.17) is 4.74 Å². The van der Waals surface area contributed by atoms with Crippen LogP contribution in [0.2, 0.25) is 0 Å². The van der Waals surface area contributed by atoms with Crippen molar-refractivity contribution in [3.8, 4) is 0 Å². The fourth-order valence-electron chi connectivity index (χ4n) is 1.55. The normalized spacial score (nSPS) is 27.6. The maximum atomic E-state index is 9.80.